The topological polar surface area (TPSA) is 58.6 Å². The summed E-state index contributed by atoms with van der Waals surface area (Å²) in [5, 5.41) is 2.98. The van der Waals surface area contributed by atoms with Crippen molar-refractivity contribution in [2.45, 2.75) is 25.3 Å². The lowest BCUT2D eigenvalue weighted by Gasteiger charge is -2.17. The fourth-order valence-electron chi connectivity index (χ4n) is 3.01. The molecule has 1 atom stereocenters. The molecular formula is C20H22N2O3. The standard InChI is InChI=1S/C20H22N2O3/c1-25-18-10-7-15(8-11-18)9-12-19(23)21-16-13-20(24)22(14-16)17-5-3-2-4-6-17/h2-8,10-11,16H,9,12-14H2,1H3,(H,21,23)/t16-/m0/s1. The Bertz CT molecular complexity index is 728. The highest BCUT2D eigenvalue weighted by Crippen LogP contribution is 2.21. The molecule has 3 rings (SSSR count). The fourth-order valence-corrected chi connectivity index (χ4v) is 3.01. The van der Waals surface area contributed by atoms with Gasteiger partial charge < -0.3 is 15.0 Å². The number of para-hydroxylation sites is 1. The molecular weight excluding hydrogens is 316 g/mol. The molecule has 0 saturated carbocycles. The van der Waals surface area contributed by atoms with Crippen molar-refractivity contribution in [2.75, 3.05) is 18.6 Å². The number of nitrogens with zero attached hydrogens (tertiary/aromatic N) is 1. The average molecular weight is 338 g/mol. The van der Waals surface area contributed by atoms with Gasteiger partial charge in [-0.1, -0.05) is 30.3 Å². The van der Waals surface area contributed by atoms with E-state index in [1.54, 1.807) is 12.0 Å². The smallest absolute Gasteiger partial charge is 0.229 e. The van der Waals surface area contributed by atoms with E-state index in [9.17, 15) is 9.59 Å². The molecule has 1 aliphatic rings. The van der Waals surface area contributed by atoms with Crippen LogP contribution in [0.1, 0.15) is 18.4 Å². The van der Waals surface area contributed by atoms with E-state index in [2.05, 4.69) is 5.32 Å². The van der Waals surface area contributed by atoms with Gasteiger partial charge >= 0.3 is 0 Å². The van der Waals surface area contributed by atoms with Crippen LogP contribution in [-0.4, -0.2) is 31.5 Å². The second-order valence-electron chi connectivity index (χ2n) is 6.16. The molecule has 1 N–H and O–H groups in total. The molecule has 0 unspecified atom stereocenters. The SMILES string of the molecule is COc1ccc(CCC(=O)N[C@H]2CC(=O)N(c3ccccc3)C2)cc1. The van der Waals surface area contributed by atoms with Gasteiger partial charge in [0.25, 0.3) is 0 Å². The van der Waals surface area contributed by atoms with Gasteiger partial charge in [0.15, 0.2) is 0 Å². The van der Waals surface area contributed by atoms with E-state index >= 15 is 0 Å². The lowest BCUT2D eigenvalue weighted by molar-refractivity contribution is -0.121. The zero-order chi connectivity index (χ0) is 17.6. The molecule has 0 aromatic heterocycles. The van der Waals surface area contributed by atoms with Crippen molar-refractivity contribution in [3.8, 4) is 5.75 Å². The summed E-state index contributed by atoms with van der Waals surface area (Å²) in [6, 6.07) is 17.1. The maximum absolute atomic E-state index is 12.2. The Labute approximate surface area is 147 Å². The first kappa shape index (κ1) is 17.0. The first-order valence-corrected chi connectivity index (χ1v) is 8.43. The van der Waals surface area contributed by atoms with Crippen LogP contribution in [0.4, 0.5) is 5.69 Å². The van der Waals surface area contributed by atoms with Crippen LogP contribution in [0.15, 0.2) is 54.6 Å². The van der Waals surface area contributed by atoms with E-state index in [-0.39, 0.29) is 17.9 Å². The number of methoxy groups -OCH3 is 1. The van der Waals surface area contributed by atoms with Crippen LogP contribution in [0, 0.1) is 0 Å². The van der Waals surface area contributed by atoms with Gasteiger partial charge in [0, 0.05) is 25.1 Å². The highest BCUT2D eigenvalue weighted by Gasteiger charge is 2.31. The normalized spacial score (nSPS) is 16.8. The quantitative estimate of drug-likeness (QED) is 0.881. The second kappa shape index (κ2) is 7.83. The third-order valence-electron chi connectivity index (χ3n) is 4.36. The minimum absolute atomic E-state index is 0.0245. The van der Waals surface area contributed by atoms with Crippen LogP contribution in [0.3, 0.4) is 0 Å². The molecule has 1 fully saturated rings. The summed E-state index contributed by atoms with van der Waals surface area (Å²) < 4.78 is 5.12. The molecule has 1 saturated heterocycles. The Morgan fingerprint density at radius 2 is 1.88 bits per heavy atom. The van der Waals surface area contributed by atoms with Crippen LogP contribution in [0.25, 0.3) is 0 Å². The van der Waals surface area contributed by atoms with E-state index in [0.29, 0.717) is 25.8 Å². The van der Waals surface area contributed by atoms with Crippen LogP contribution in [0.5, 0.6) is 5.75 Å². The van der Waals surface area contributed by atoms with Gasteiger partial charge in [-0.25, -0.2) is 0 Å². The molecule has 2 amide bonds. The number of benzene rings is 2. The first-order valence-electron chi connectivity index (χ1n) is 8.43. The van der Waals surface area contributed by atoms with E-state index < -0.39 is 0 Å². The average Bonchev–Trinajstić information content (AvgIpc) is 3.01. The molecule has 5 nitrogen and oxygen atoms in total. The summed E-state index contributed by atoms with van der Waals surface area (Å²) in [4.78, 5) is 26.1. The number of nitrogens with one attached hydrogen (secondary N) is 1. The predicted molar refractivity (Wildman–Crippen MR) is 96.7 cm³/mol. The van der Waals surface area contributed by atoms with E-state index in [0.717, 1.165) is 17.0 Å². The Morgan fingerprint density at radius 3 is 2.56 bits per heavy atom. The molecule has 0 aliphatic carbocycles. The second-order valence-corrected chi connectivity index (χ2v) is 6.16. The maximum Gasteiger partial charge on any atom is 0.229 e. The zero-order valence-electron chi connectivity index (χ0n) is 14.3. The van der Waals surface area contributed by atoms with Gasteiger partial charge in [0.05, 0.1) is 13.2 Å². The Hall–Kier alpha value is -2.82. The van der Waals surface area contributed by atoms with Crippen LogP contribution >= 0.6 is 0 Å². The van der Waals surface area contributed by atoms with Crippen molar-refractivity contribution in [1.82, 2.24) is 5.32 Å². The van der Waals surface area contributed by atoms with Gasteiger partial charge in [0.1, 0.15) is 5.75 Å². The zero-order valence-corrected chi connectivity index (χ0v) is 14.3. The minimum atomic E-state index is -0.129. The van der Waals surface area contributed by atoms with Gasteiger partial charge in [-0.3, -0.25) is 9.59 Å². The van der Waals surface area contributed by atoms with Crippen molar-refractivity contribution in [1.29, 1.82) is 0 Å². The summed E-state index contributed by atoms with van der Waals surface area (Å²) in [6.45, 7) is 0.525. The summed E-state index contributed by atoms with van der Waals surface area (Å²) >= 11 is 0. The third-order valence-corrected chi connectivity index (χ3v) is 4.36. The van der Waals surface area contributed by atoms with E-state index in [1.807, 2.05) is 54.6 Å². The van der Waals surface area contributed by atoms with Crippen molar-refractivity contribution < 1.29 is 14.3 Å². The number of carbonyl (C=O) groups is 2. The first-order chi connectivity index (χ1) is 12.2. The van der Waals surface area contributed by atoms with E-state index in [4.69, 9.17) is 4.74 Å². The molecule has 5 heteroatoms. The Balaban J connectivity index is 1.49. The number of amides is 2. The lowest BCUT2D eigenvalue weighted by Crippen LogP contribution is -2.37. The Kier molecular flexibility index (Phi) is 5.33. The number of ether oxygens (including phenoxy) is 1. The number of hydrogen-bond acceptors (Lipinski definition) is 3. The van der Waals surface area contributed by atoms with E-state index in [1.165, 1.54) is 0 Å². The molecule has 2 aromatic carbocycles. The number of carbonyl (C=O) groups excluding carboxylic acids is 2. The molecule has 25 heavy (non-hydrogen) atoms. The molecule has 0 bridgehead atoms. The number of aryl methyl sites for hydroxylation is 1. The van der Waals surface area contributed by atoms with Crippen molar-refractivity contribution in [3.63, 3.8) is 0 Å². The predicted octanol–water partition coefficient (Wildman–Crippen LogP) is 2.55. The largest absolute Gasteiger partial charge is 0.497 e. The Morgan fingerprint density at radius 1 is 1.16 bits per heavy atom. The van der Waals surface area contributed by atoms with Crippen LogP contribution in [0.2, 0.25) is 0 Å². The van der Waals surface area contributed by atoms with Crippen molar-refractivity contribution in [2.24, 2.45) is 0 Å². The molecule has 1 heterocycles. The summed E-state index contributed by atoms with van der Waals surface area (Å²) in [7, 11) is 1.63. The molecule has 1 aliphatic heterocycles. The number of hydrogen-bond donors (Lipinski definition) is 1. The summed E-state index contributed by atoms with van der Waals surface area (Å²) in [6.07, 6.45) is 1.42. The fraction of sp³-hybridized carbons (Fsp3) is 0.300. The number of anilines is 1. The van der Waals surface area contributed by atoms with Crippen molar-refractivity contribution >= 4 is 17.5 Å². The van der Waals surface area contributed by atoms with Gasteiger partial charge in [0.2, 0.25) is 11.8 Å². The molecule has 130 valence electrons. The van der Waals surface area contributed by atoms with Crippen LogP contribution in [-0.2, 0) is 16.0 Å². The van der Waals surface area contributed by atoms with Crippen LogP contribution < -0.4 is 15.0 Å². The summed E-state index contributed by atoms with van der Waals surface area (Å²) in [5.74, 6) is 0.828. The highest BCUT2D eigenvalue weighted by atomic mass is 16.5. The highest BCUT2D eigenvalue weighted by molar-refractivity contribution is 5.96. The van der Waals surface area contributed by atoms with Gasteiger partial charge in [-0.05, 0) is 36.2 Å². The van der Waals surface area contributed by atoms with Gasteiger partial charge in [-0.2, -0.15) is 0 Å². The minimum Gasteiger partial charge on any atom is -0.497 e. The molecule has 0 radical (unpaired) electrons. The molecule has 2 aromatic rings. The summed E-state index contributed by atoms with van der Waals surface area (Å²) in [5.41, 5.74) is 1.96. The van der Waals surface area contributed by atoms with Gasteiger partial charge in [-0.15, -0.1) is 0 Å². The third kappa shape index (κ3) is 4.38. The number of rotatable bonds is 6. The lowest BCUT2D eigenvalue weighted by atomic mass is 10.1. The molecule has 0 spiro atoms. The maximum atomic E-state index is 12.2. The van der Waals surface area contributed by atoms with Crippen molar-refractivity contribution in [3.05, 3.63) is 60.2 Å². The monoisotopic (exact) mass is 338 g/mol.